The summed E-state index contributed by atoms with van der Waals surface area (Å²) in [5, 5.41) is 13.8. The van der Waals surface area contributed by atoms with Crippen LogP contribution in [0.1, 0.15) is 71.6 Å². The van der Waals surface area contributed by atoms with E-state index in [-0.39, 0.29) is 6.10 Å². The lowest BCUT2D eigenvalue weighted by Gasteiger charge is -2.34. The van der Waals surface area contributed by atoms with Crippen molar-refractivity contribution in [3.8, 4) is 0 Å². The zero-order chi connectivity index (χ0) is 13.7. The summed E-state index contributed by atoms with van der Waals surface area (Å²) in [6.45, 7) is 5.73. The van der Waals surface area contributed by atoms with Crippen LogP contribution >= 0.6 is 0 Å². The molecule has 0 aromatic carbocycles. The van der Waals surface area contributed by atoms with E-state index in [1.165, 1.54) is 51.4 Å². The first-order valence-corrected chi connectivity index (χ1v) is 8.56. The van der Waals surface area contributed by atoms with Gasteiger partial charge in [0.15, 0.2) is 0 Å². The van der Waals surface area contributed by atoms with Crippen LogP contribution in [0.25, 0.3) is 0 Å². The molecule has 4 unspecified atom stereocenters. The monoisotopic (exact) mass is 267 g/mol. The summed E-state index contributed by atoms with van der Waals surface area (Å²) >= 11 is 0. The molecule has 2 rings (SSSR count). The predicted octanol–water partition coefficient (Wildman–Crippen LogP) is 3.73. The van der Waals surface area contributed by atoms with Crippen LogP contribution in [0.3, 0.4) is 0 Å². The Morgan fingerprint density at radius 1 is 1.05 bits per heavy atom. The first-order chi connectivity index (χ1) is 9.15. The SMILES string of the molecule is CC(C)CC1CCCC(NCC2CCCCC2O)C1. The first-order valence-electron chi connectivity index (χ1n) is 8.56. The fraction of sp³-hybridized carbons (Fsp3) is 1.00. The van der Waals surface area contributed by atoms with Crippen LogP contribution in [0.15, 0.2) is 0 Å². The third kappa shape index (κ3) is 5.07. The van der Waals surface area contributed by atoms with Gasteiger partial charge in [-0.1, -0.05) is 39.5 Å². The van der Waals surface area contributed by atoms with Gasteiger partial charge in [-0.05, 0) is 49.9 Å². The molecule has 19 heavy (non-hydrogen) atoms. The third-order valence-electron chi connectivity index (χ3n) is 5.13. The molecule has 2 aliphatic carbocycles. The van der Waals surface area contributed by atoms with Gasteiger partial charge in [0, 0.05) is 12.6 Å². The Kier molecular flexibility index (Phi) is 6.15. The Hall–Kier alpha value is -0.0800. The van der Waals surface area contributed by atoms with Gasteiger partial charge in [-0.2, -0.15) is 0 Å². The van der Waals surface area contributed by atoms with Crippen LogP contribution in [0.2, 0.25) is 0 Å². The summed E-state index contributed by atoms with van der Waals surface area (Å²) in [5.41, 5.74) is 0. The molecule has 2 aliphatic rings. The summed E-state index contributed by atoms with van der Waals surface area (Å²) in [6.07, 6.45) is 11.6. The number of rotatable bonds is 5. The minimum absolute atomic E-state index is 0.0451. The Morgan fingerprint density at radius 3 is 2.58 bits per heavy atom. The molecule has 0 aliphatic heterocycles. The van der Waals surface area contributed by atoms with Gasteiger partial charge in [-0.15, -0.1) is 0 Å². The van der Waals surface area contributed by atoms with Gasteiger partial charge in [-0.25, -0.2) is 0 Å². The smallest absolute Gasteiger partial charge is 0.0580 e. The Morgan fingerprint density at radius 2 is 1.84 bits per heavy atom. The fourth-order valence-corrected chi connectivity index (χ4v) is 4.10. The van der Waals surface area contributed by atoms with Crippen LogP contribution < -0.4 is 5.32 Å². The number of aliphatic hydroxyl groups is 1. The lowest BCUT2D eigenvalue weighted by molar-refractivity contribution is 0.0664. The second-order valence-electron chi connectivity index (χ2n) is 7.38. The molecule has 2 saturated carbocycles. The molecular weight excluding hydrogens is 234 g/mol. The molecule has 0 heterocycles. The van der Waals surface area contributed by atoms with Gasteiger partial charge in [0.05, 0.1) is 6.10 Å². The molecule has 0 spiro atoms. The Bertz CT molecular complexity index is 254. The summed E-state index contributed by atoms with van der Waals surface area (Å²) in [4.78, 5) is 0. The van der Waals surface area contributed by atoms with Crippen LogP contribution in [0.5, 0.6) is 0 Å². The van der Waals surface area contributed by atoms with Crippen LogP contribution in [-0.4, -0.2) is 23.8 Å². The van der Waals surface area contributed by atoms with Crippen molar-refractivity contribution in [2.24, 2.45) is 17.8 Å². The highest BCUT2D eigenvalue weighted by atomic mass is 16.3. The van der Waals surface area contributed by atoms with Crippen LogP contribution in [0, 0.1) is 17.8 Å². The van der Waals surface area contributed by atoms with Gasteiger partial charge in [0.2, 0.25) is 0 Å². The number of nitrogens with one attached hydrogen (secondary N) is 1. The van der Waals surface area contributed by atoms with E-state index in [1.54, 1.807) is 0 Å². The van der Waals surface area contributed by atoms with E-state index in [2.05, 4.69) is 19.2 Å². The lowest BCUT2D eigenvalue weighted by atomic mass is 9.80. The van der Waals surface area contributed by atoms with Crippen molar-refractivity contribution in [1.29, 1.82) is 0 Å². The highest BCUT2D eigenvalue weighted by Crippen LogP contribution is 2.30. The average Bonchev–Trinajstić information content (AvgIpc) is 2.37. The van der Waals surface area contributed by atoms with Crippen LogP contribution in [-0.2, 0) is 0 Å². The van der Waals surface area contributed by atoms with Crippen molar-refractivity contribution < 1.29 is 5.11 Å². The summed E-state index contributed by atoms with van der Waals surface area (Å²) in [7, 11) is 0. The average molecular weight is 267 g/mol. The van der Waals surface area contributed by atoms with Gasteiger partial charge in [0.1, 0.15) is 0 Å². The maximum Gasteiger partial charge on any atom is 0.0580 e. The standard InChI is InChI=1S/C17H33NO/c1-13(2)10-14-6-5-8-16(11-14)18-12-15-7-3-4-9-17(15)19/h13-19H,3-12H2,1-2H3. The summed E-state index contributed by atoms with van der Waals surface area (Å²) in [5.74, 6) is 2.28. The predicted molar refractivity (Wildman–Crippen MR) is 81.2 cm³/mol. The molecule has 0 radical (unpaired) electrons. The second-order valence-corrected chi connectivity index (χ2v) is 7.38. The normalized spacial score (nSPS) is 36.6. The zero-order valence-corrected chi connectivity index (χ0v) is 12.9. The van der Waals surface area contributed by atoms with Gasteiger partial charge < -0.3 is 10.4 Å². The maximum atomic E-state index is 10.0. The molecule has 2 heteroatoms. The number of hydrogen-bond donors (Lipinski definition) is 2. The fourth-order valence-electron chi connectivity index (χ4n) is 4.10. The van der Waals surface area contributed by atoms with Crippen molar-refractivity contribution in [2.45, 2.75) is 83.8 Å². The number of aliphatic hydroxyl groups excluding tert-OH is 1. The highest BCUT2D eigenvalue weighted by Gasteiger charge is 2.26. The molecule has 0 aromatic heterocycles. The highest BCUT2D eigenvalue weighted by molar-refractivity contribution is 4.82. The zero-order valence-electron chi connectivity index (χ0n) is 12.9. The van der Waals surface area contributed by atoms with E-state index in [9.17, 15) is 5.11 Å². The molecule has 0 aromatic rings. The summed E-state index contributed by atoms with van der Waals surface area (Å²) in [6, 6.07) is 0.714. The molecule has 2 nitrogen and oxygen atoms in total. The van der Waals surface area contributed by atoms with Crippen LogP contribution in [0.4, 0.5) is 0 Å². The molecule has 0 bridgehead atoms. The number of hydrogen-bond acceptors (Lipinski definition) is 2. The quantitative estimate of drug-likeness (QED) is 0.795. The molecule has 2 N–H and O–H groups in total. The van der Waals surface area contributed by atoms with E-state index in [1.807, 2.05) is 0 Å². The molecular formula is C17H33NO. The van der Waals surface area contributed by atoms with Crippen molar-refractivity contribution >= 4 is 0 Å². The Balaban J connectivity index is 1.70. The molecule has 0 saturated heterocycles. The largest absolute Gasteiger partial charge is 0.393 e. The van der Waals surface area contributed by atoms with E-state index in [4.69, 9.17) is 0 Å². The van der Waals surface area contributed by atoms with Crippen molar-refractivity contribution in [2.75, 3.05) is 6.54 Å². The lowest BCUT2D eigenvalue weighted by Crippen LogP contribution is -2.41. The topological polar surface area (TPSA) is 32.3 Å². The first kappa shape index (κ1) is 15.3. The van der Waals surface area contributed by atoms with E-state index < -0.39 is 0 Å². The van der Waals surface area contributed by atoms with E-state index >= 15 is 0 Å². The van der Waals surface area contributed by atoms with Crippen molar-refractivity contribution in [3.63, 3.8) is 0 Å². The maximum absolute atomic E-state index is 10.0. The molecule has 112 valence electrons. The Labute approximate surface area is 119 Å². The molecule has 2 fully saturated rings. The van der Waals surface area contributed by atoms with E-state index in [0.29, 0.717) is 12.0 Å². The third-order valence-corrected chi connectivity index (χ3v) is 5.13. The minimum atomic E-state index is -0.0451. The van der Waals surface area contributed by atoms with Crippen molar-refractivity contribution in [3.05, 3.63) is 0 Å². The summed E-state index contributed by atoms with van der Waals surface area (Å²) < 4.78 is 0. The molecule has 4 atom stereocenters. The van der Waals surface area contributed by atoms with Gasteiger partial charge in [0.25, 0.3) is 0 Å². The van der Waals surface area contributed by atoms with Crippen molar-refractivity contribution in [1.82, 2.24) is 5.32 Å². The molecule has 0 amide bonds. The van der Waals surface area contributed by atoms with E-state index in [0.717, 1.165) is 24.8 Å². The minimum Gasteiger partial charge on any atom is -0.393 e. The van der Waals surface area contributed by atoms with Gasteiger partial charge in [-0.3, -0.25) is 0 Å². The van der Waals surface area contributed by atoms with Gasteiger partial charge >= 0.3 is 0 Å². The second kappa shape index (κ2) is 7.64.